The third-order valence-electron chi connectivity index (χ3n) is 2.83. The predicted octanol–water partition coefficient (Wildman–Crippen LogP) is 0.288. The van der Waals surface area contributed by atoms with E-state index in [-0.39, 0.29) is 0 Å². The first kappa shape index (κ1) is 22.7. The molecular formula is C16H36N2O5. The van der Waals surface area contributed by atoms with Gasteiger partial charge in [0.25, 0.3) is 0 Å². The number of nitrogens with one attached hydrogen (secondary N) is 2. The van der Waals surface area contributed by atoms with Gasteiger partial charge in [0.15, 0.2) is 0 Å². The predicted molar refractivity (Wildman–Crippen MR) is 91.2 cm³/mol. The van der Waals surface area contributed by atoms with Gasteiger partial charge in [0.2, 0.25) is 0 Å². The minimum Gasteiger partial charge on any atom is -0.378 e. The van der Waals surface area contributed by atoms with E-state index in [1.54, 1.807) is 0 Å². The molecule has 0 aromatic rings. The Hall–Kier alpha value is -0.280. The van der Waals surface area contributed by atoms with Gasteiger partial charge in [-0.2, -0.15) is 0 Å². The molecule has 0 radical (unpaired) electrons. The van der Waals surface area contributed by atoms with E-state index in [9.17, 15) is 0 Å². The van der Waals surface area contributed by atoms with Crippen molar-refractivity contribution in [2.24, 2.45) is 0 Å². The maximum atomic E-state index is 5.40. The molecule has 140 valence electrons. The molecule has 0 saturated heterocycles. The first-order valence-electron chi connectivity index (χ1n) is 8.72. The van der Waals surface area contributed by atoms with Crippen LogP contribution in [-0.4, -0.2) is 92.2 Å². The lowest BCUT2D eigenvalue weighted by atomic mass is 10.6. The Bertz CT molecular complexity index is 191. The molecule has 0 aromatic heterocycles. The summed E-state index contributed by atoms with van der Waals surface area (Å²) >= 11 is 0. The van der Waals surface area contributed by atoms with Gasteiger partial charge in [0, 0.05) is 13.1 Å². The first-order chi connectivity index (χ1) is 11.4. The van der Waals surface area contributed by atoms with E-state index < -0.39 is 0 Å². The van der Waals surface area contributed by atoms with Crippen molar-refractivity contribution in [2.75, 3.05) is 92.2 Å². The molecule has 0 saturated carbocycles. The summed E-state index contributed by atoms with van der Waals surface area (Å²) in [5.74, 6) is 0. The molecule has 7 heteroatoms. The molecule has 0 aromatic carbocycles. The van der Waals surface area contributed by atoms with E-state index in [1.807, 2.05) is 0 Å². The Kier molecular flexibility index (Phi) is 21.5. The molecular weight excluding hydrogens is 300 g/mol. The van der Waals surface area contributed by atoms with E-state index in [2.05, 4.69) is 24.5 Å². The van der Waals surface area contributed by atoms with Crippen molar-refractivity contribution in [2.45, 2.75) is 13.8 Å². The van der Waals surface area contributed by atoms with Crippen LogP contribution in [0.25, 0.3) is 0 Å². The molecule has 23 heavy (non-hydrogen) atoms. The van der Waals surface area contributed by atoms with Crippen molar-refractivity contribution in [3.8, 4) is 0 Å². The van der Waals surface area contributed by atoms with Gasteiger partial charge in [0.1, 0.15) is 0 Å². The fourth-order valence-corrected chi connectivity index (χ4v) is 1.62. The topological polar surface area (TPSA) is 70.2 Å². The second-order valence-corrected chi connectivity index (χ2v) is 4.77. The van der Waals surface area contributed by atoms with Crippen LogP contribution in [0, 0.1) is 0 Å². The quantitative estimate of drug-likeness (QED) is 0.310. The molecule has 0 bridgehead atoms. The van der Waals surface area contributed by atoms with Gasteiger partial charge in [-0.05, 0) is 13.1 Å². The highest BCUT2D eigenvalue weighted by Crippen LogP contribution is 1.83. The number of hydrogen-bond acceptors (Lipinski definition) is 7. The molecule has 0 aliphatic rings. The first-order valence-corrected chi connectivity index (χ1v) is 8.72. The molecule has 7 nitrogen and oxygen atoms in total. The molecule has 2 N–H and O–H groups in total. The summed E-state index contributed by atoms with van der Waals surface area (Å²) in [5, 5.41) is 6.39. The molecule has 0 atom stereocenters. The summed E-state index contributed by atoms with van der Waals surface area (Å²) in [5.41, 5.74) is 0. The number of likely N-dealkylation sites (N-methyl/N-ethyl adjacent to an activating group) is 2. The van der Waals surface area contributed by atoms with Gasteiger partial charge >= 0.3 is 0 Å². The number of hydrogen-bond donors (Lipinski definition) is 2. The fraction of sp³-hybridized carbons (Fsp3) is 1.00. The second kappa shape index (κ2) is 21.7. The minimum atomic E-state index is 0.583. The standard InChI is InChI=1S/C16H36N2O5/c1-3-17-5-7-19-9-11-21-13-15-23-16-14-22-12-10-20-8-6-18-4-2/h17-18H,3-16H2,1-2H3. The molecule has 0 fully saturated rings. The van der Waals surface area contributed by atoms with E-state index >= 15 is 0 Å². The summed E-state index contributed by atoms with van der Waals surface area (Å²) in [4.78, 5) is 0. The van der Waals surface area contributed by atoms with E-state index in [1.165, 1.54) is 0 Å². The van der Waals surface area contributed by atoms with Crippen LogP contribution in [0.3, 0.4) is 0 Å². The highest BCUT2D eigenvalue weighted by Gasteiger charge is 1.93. The summed E-state index contributed by atoms with van der Waals surface area (Å²) in [6.45, 7) is 14.1. The monoisotopic (exact) mass is 336 g/mol. The minimum absolute atomic E-state index is 0.583. The SMILES string of the molecule is CCNCCOCCOCCOCCOCCOCCNCC. The molecule has 0 rings (SSSR count). The van der Waals surface area contributed by atoms with Crippen molar-refractivity contribution < 1.29 is 23.7 Å². The lowest BCUT2D eigenvalue weighted by molar-refractivity contribution is -0.0105. The Morgan fingerprint density at radius 1 is 0.435 bits per heavy atom. The molecule has 0 heterocycles. The second-order valence-electron chi connectivity index (χ2n) is 4.77. The van der Waals surface area contributed by atoms with Gasteiger partial charge in [-0.25, -0.2) is 0 Å². The summed E-state index contributed by atoms with van der Waals surface area (Å²) in [6.07, 6.45) is 0. The van der Waals surface area contributed by atoms with Crippen LogP contribution in [0.1, 0.15) is 13.8 Å². The van der Waals surface area contributed by atoms with Crippen LogP contribution < -0.4 is 10.6 Å². The van der Waals surface area contributed by atoms with Crippen molar-refractivity contribution in [1.29, 1.82) is 0 Å². The van der Waals surface area contributed by atoms with Crippen LogP contribution in [0.4, 0.5) is 0 Å². The van der Waals surface area contributed by atoms with Crippen LogP contribution in [0.15, 0.2) is 0 Å². The molecule has 0 aliphatic heterocycles. The van der Waals surface area contributed by atoms with Gasteiger partial charge < -0.3 is 34.3 Å². The van der Waals surface area contributed by atoms with Crippen LogP contribution in [0.2, 0.25) is 0 Å². The molecule has 0 aliphatic carbocycles. The Balaban J connectivity index is 2.92. The zero-order chi connectivity index (χ0) is 16.8. The fourth-order valence-electron chi connectivity index (χ4n) is 1.62. The van der Waals surface area contributed by atoms with Crippen molar-refractivity contribution in [1.82, 2.24) is 10.6 Å². The third kappa shape index (κ3) is 21.7. The zero-order valence-corrected chi connectivity index (χ0v) is 14.9. The highest BCUT2D eigenvalue weighted by molar-refractivity contribution is 4.41. The Labute approximate surface area is 141 Å². The maximum Gasteiger partial charge on any atom is 0.0701 e. The van der Waals surface area contributed by atoms with E-state index in [0.29, 0.717) is 52.9 Å². The van der Waals surface area contributed by atoms with Gasteiger partial charge in [-0.3, -0.25) is 0 Å². The lowest BCUT2D eigenvalue weighted by Crippen LogP contribution is -2.20. The Morgan fingerprint density at radius 2 is 0.696 bits per heavy atom. The van der Waals surface area contributed by atoms with E-state index in [4.69, 9.17) is 23.7 Å². The maximum absolute atomic E-state index is 5.40. The molecule has 0 spiro atoms. The zero-order valence-electron chi connectivity index (χ0n) is 14.9. The number of rotatable bonds is 20. The van der Waals surface area contributed by atoms with Crippen LogP contribution in [-0.2, 0) is 23.7 Å². The van der Waals surface area contributed by atoms with Crippen molar-refractivity contribution in [3.63, 3.8) is 0 Å². The van der Waals surface area contributed by atoms with E-state index in [0.717, 1.165) is 39.4 Å². The summed E-state index contributed by atoms with van der Waals surface area (Å²) in [7, 11) is 0. The normalized spacial score (nSPS) is 11.2. The Morgan fingerprint density at radius 3 is 0.957 bits per heavy atom. The van der Waals surface area contributed by atoms with Crippen LogP contribution in [0.5, 0.6) is 0 Å². The molecule has 0 unspecified atom stereocenters. The lowest BCUT2D eigenvalue weighted by Gasteiger charge is -2.08. The summed E-state index contributed by atoms with van der Waals surface area (Å²) in [6, 6.07) is 0. The third-order valence-corrected chi connectivity index (χ3v) is 2.83. The van der Waals surface area contributed by atoms with Gasteiger partial charge in [-0.1, -0.05) is 13.8 Å². The average molecular weight is 336 g/mol. The van der Waals surface area contributed by atoms with Gasteiger partial charge in [0.05, 0.1) is 66.1 Å². The smallest absolute Gasteiger partial charge is 0.0701 e. The average Bonchev–Trinajstić information content (AvgIpc) is 2.57. The molecule has 0 amide bonds. The number of ether oxygens (including phenoxy) is 5. The van der Waals surface area contributed by atoms with Crippen LogP contribution >= 0.6 is 0 Å². The highest BCUT2D eigenvalue weighted by atomic mass is 16.6. The largest absolute Gasteiger partial charge is 0.378 e. The van der Waals surface area contributed by atoms with Crippen molar-refractivity contribution >= 4 is 0 Å². The summed E-state index contributed by atoms with van der Waals surface area (Å²) < 4.78 is 27.0. The van der Waals surface area contributed by atoms with Crippen molar-refractivity contribution in [3.05, 3.63) is 0 Å². The van der Waals surface area contributed by atoms with Gasteiger partial charge in [-0.15, -0.1) is 0 Å².